The predicted molar refractivity (Wildman–Crippen MR) is 103 cm³/mol. The molecule has 1 aromatic carbocycles. The van der Waals surface area contributed by atoms with Crippen molar-refractivity contribution in [3.63, 3.8) is 0 Å². The molecule has 2 amide bonds. The summed E-state index contributed by atoms with van der Waals surface area (Å²) >= 11 is 0. The highest BCUT2D eigenvalue weighted by Gasteiger charge is 2.18. The number of rotatable bonds is 8. The van der Waals surface area contributed by atoms with Gasteiger partial charge >= 0.3 is 0 Å². The molecule has 0 bridgehead atoms. The highest BCUT2D eigenvalue weighted by molar-refractivity contribution is 7.88. The Hall–Kier alpha value is -2.78. The molecule has 2 aromatic rings. The lowest BCUT2D eigenvalue weighted by Gasteiger charge is -2.19. The third-order valence-corrected chi connectivity index (χ3v) is 4.88. The quantitative estimate of drug-likeness (QED) is 0.715. The molecular formula is C18H22N4O4S. The van der Waals surface area contributed by atoms with Crippen LogP contribution in [-0.4, -0.2) is 42.3 Å². The Morgan fingerprint density at radius 1 is 1.07 bits per heavy atom. The third-order valence-electron chi connectivity index (χ3n) is 3.63. The number of carbonyl (C=O) groups excluding carboxylic acids is 2. The molecule has 144 valence electrons. The summed E-state index contributed by atoms with van der Waals surface area (Å²) in [6, 6.07) is 10.2. The zero-order valence-electron chi connectivity index (χ0n) is 15.2. The van der Waals surface area contributed by atoms with Gasteiger partial charge in [0, 0.05) is 50.2 Å². The molecule has 2 rings (SSSR count). The highest BCUT2D eigenvalue weighted by Crippen LogP contribution is 2.14. The van der Waals surface area contributed by atoms with Gasteiger partial charge in [0.05, 0.1) is 6.26 Å². The van der Waals surface area contributed by atoms with Crippen molar-refractivity contribution in [3.8, 4) is 0 Å². The van der Waals surface area contributed by atoms with Crippen LogP contribution in [0.5, 0.6) is 0 Å². The summed E-state index contributed by atoms with van der Waals surface area (Å²) in [4.78, 5) is 27.1. The van der Waals surface area contributed by atoms with Crippen molar-refractivity contribution in [1.29, 1.82) is 0 Å². The van der Waals surface area contributed by atoms with Gasteiger partial charge in [0.2, 0.25) is 21.8 Å². The van der Waals surface area contributed by atoms with Crippen LogP contribution in [0.15, 0.2) is 48.8 Å². The molecule has 0 unspecified atom stereocenters. The van der Waals surface area contributed by atoms with E-state index in [0.717, 1.165) is 11.8 Å². The molecule has 27 heavy (non-hydrogen) atoms. The fourth-order valence-corrected chi connectivity index (χ4v) is 3.15. The Kier molecular flexibility index (Phi) is 7.03. The van der Waals surface area contributed by atoms with E-state index >= 15 is 0 Å². The number of amides is 2. The standard InChI is InChI=1S/C18H22N4O4S/c1-14(23)20-16-5-7-17(8-6-16)21-18(24)9-11-22(27(2,25)26)13-15-4-3-10-19-12-15/h3-8,10,12H,9,11,13H2,1-2H3,(H,20,23)(H,21,24). The summed E-state index contributed by atoms with van der Waals surface area (Å²) in [6.07, 6.45) is 4.33. The number of anilines is 2. The normalized spacial score (nSPS) is 11.2. The second kappa shape index (κ2) is 9.24. The first kappa shape index (κ1) is 20.5. The number of hydrogen-bond donors (Lipinski definition) is 2. The topological polar surface area (TPSA) is 108 Å². The number of nitrogens with one attached hydrogen (secondary N) is 2. The Labute approximate surface area is 158 Å². The zero-order valence-corrected chi connectivity index (χ0v) is 16.0. The van der Waals surface area contributed by atoms with Crippen LogP contribution in [0.3, 0.4) is 0 Å². The third kappa shape index (κ3) is 7.16. The first-order valence-corrected chi connectivity index (χ1v) is 10.1. The minimum Gasteiger partial charge on any atom is -0.326 e. The average molecular weight is 390 g/mol. The zero-order chi connectivity index (χ0) is 19.9. The number of pyridine rings is 1. The van der Waals surface area contributed by atoms with Crippen LogP contribution in [0.25, 0.3) is 0 Å². The van der Waals surface area contributed by atoms with E-state index in [1.807, 2.05) is 0 Å². The van der Waals surface area contributed by atoms with Gasteiger partial charge in [-0.25, -0.2) is 8.42 Å². The van der Waals surface area contributed by atoms with Gasteiger partial charge in [0.1, 0.15) is 0 Å². The van der Waals surface area contributed by atoms with Gasteiger partial charge in [-0.1, -0.05) is 6.07 Å². The van der Waals surface area contributed by atoms with Gasteiger partial charge in [-0.15, -0.1) is 0 Å². The fourth-order valence-electron chi connectivity index (χ4n) is 2.35. The van der Waals surface area contributed by atoms with Crippen LogP contribution < -0.4 is 10.6 Å². The summed E-state index contributed by atoms with van der Waals surface area (Å²) in [5.74, 6) is -0.483. The van der Waals surface area contributed by atoms with E-state index in [1.165, 1.54) is 11.2 Å². The molecule has 2 N–H and O–H groups in total. The van der Waals surface area contributed by atoms with Crippen molar-refractivity contribution in [2.75, 3.05) is 23.4 Å². The van der Waals surface area contributed by atoms with Gasteiger partial charge in [-0.2, -0.15) is 4.31 Å². The highest BCUT2D eigenvalue weighted by atomic mass is 32.2. The average Bonchev–Trinajstić information content (AvgIpc) is 2.60. The number of benzene rings is 1. The molecule has 1 heterocycles. The number of aromatic nitrogens is 1. The fraction of sp³-hybridized carbons (Fsp3) is 0.278. The molecule has 0 spiro atoms. The van der Waals surface area contributed by atoms with Crippen LogP contribution in [0.2, 0.25) is 0 Å². The van der Waals surface area contributed by atoms with Gasteiger partial charge in [0.15, 0.2) is 0 Å². The van der Waals surface area contributed by atoms with Crippen LogP contribution in [-0.2, 0) is 26.2 Å². The lowest BCUT2D eigenvalue weighted by atomic mass is 10.2. The number of nitrogens with zero attached hydrogens (tertiary/aromatic N) is 2. The van der Waals surface area contributed by atoms with Crippen molar-refractivity contribution in [3.05, 3.63) is 54.4 Å². The van der Waals surface area contributed by atoms with Crippen molar-refractivity contribution in [1.82, 2.24) is 9.29 Å². The Balaban J connectivity index is 1.92. The van der Waals surface area contributed by atoms with E-state index in [1.54, 1.807) is 48.8 Å². The van der Waals surface area contributed by atoms with Crippen LogP contribution >= 0.6 is 0 Å². The van der Waals surface area contributed by atoms with Crippen molar-refractivity contribution in [2.45, 2.75) is 19.9 Å². The molecule has 1 aromatic heterocycles. The maximum Gasteiger partial charge on any atom is 0.225 e. The summed E-state index contributed by atoms with van der Waals surface area (Å²) in [6.45, 7) is 1.63. The monoisotopic (exact) mass is 390 g/mol. The minimum atomic E-state index is -3.46. The Bertz CT molecular complexity index is 883. The van der Waals surface area contributed by atoms with E-state index in [-0.39, 0.29) is 31.3 Å². The molecule has 0 aliphatic heterocycles. The molecule has 0 saturated carbocycles. The first-order valence-electron chi connectivity index (χ1n) is 8.25. The maximum atomic E-state index is 12.1. The van der Waals surface area contributed by atoms with Gasteiger partial charge < -0.3 is 10.6 Å². The second-order valence-corrected chi connectivity index (χ2v) is 8.00. The molecule has 8 nitrogen and oxygen atoms in total. The van der Waals surface area contributed by atoms with E-state index in [4.69, 9.17) is 0 Å². The lowest BCUT2D eigenvalue weighted by molar-refractivity contribution is -0.116. The van der Waals surface area contributed by atoms with Crippen LogP contribution in [0.4, 0.5) is 11.4 Å². The number of hydrogen-bond acceptors (Lipinski definition) is 5. The summed E-state index contributed by atoms with van der Waals surface area (Å²) in [5, 5.41) is 5.34. The van der Waals surface area contributed by atoms with Gasteiger partial charge in [-0.3, -0.25) is 14.6 Å². The molecule has 0 fully saturated rings. The van der Waals surface area contributed by atoms with Crippen molar-refractivity contribution < 1.29 is 18.0 Å². The van der Waals surface area contributed by atoms with E-state index in [0.29, 0.717) is 11.4 Å². The lowest BCUT2D eigenvalue weighted by Crippen LogP contribution is -2.32. The summed E-state index contributed by atoms with van der Waals surface area (Å²) in [5.41, 5.74) is 1.93. The van der Waals surface area contributed by atoms with Crippen molar-refractivity contribution >= 4 is 33.2 Å². The van der Waals surface area contributed by atoms with E-state index in [9.17, 15) is 18.0 Å². The SMILES string of the molecule is CC(=O)Nc1ccc(NC(=O)CCN(Cc2cccnc2)S(C)(=O)=O)cc1. The number of sulfonamides is 1. The van der Waals surface area contributed by atoms with E-state index < -0.39 is 10.0 Å². The van der Waals surface area contributed by atoms with Gasteiger partial charge in [0.25, 0.3) is 0 Å². The Morgan fingerprint density at radius 2 is 1.70 bits per heavy atom. The first-order chi connectivity index (χ1) is 12.7. The Morgan fingerprint density at radius 3 is 2.22 bits per heavy atom. The number of carbonyl (C=O) groups is 2. The molecule has 9 heteroatoms. The van der Waals surface area contributed by atoms with Crippen LogP contribution in [0, 0.1) is 0 Å². The summed E-state index contributed by atoms with van der Waals surface area (Å²) in [7, 11) is -3.46. The largest absolute Gasteiger partial charge is 0.326 e. The smallest absolute Gasteiger partial charge is 0.225 e. The minimum absolute atomic E-state index is 0.0147. The van der Waals surface area contributed by atoms with Crippen molar-refractivity contribution in [2.24, 2.45) is 0 Å². The molecular weight excluding hydrogens is 368 g/mol. The second-order valence-electron chi connectivity index (χ2n) is 6.01. The molecule has 0 atom stereocenters. The van der Waals surface area contributed by atoms with E-state index in [2.05, 4.69) is 15.6 Å². The van der Waals surface area contributed by atoms with Gasteiger partial charge in [-0.05, 0) is 35.9 Å². The molecule has 0 saturated heterocycles. The molecule has 0 aliphatic rings. The van der Waals surface area contributed by atoms with Crippen LogP contribution in [0.1, 0.15) is 18.9 Å². The predicted octanol–water partition coefficient (Wildman–Crippen LogP) is 1.83. The maximum absolute atomic E-state index is 12.1. The molecule has 0 aliphatic carbocycles. The summed E-state index contributed by atoms with van der Waals surface area (Å²) < 4.78 is 25.2. The molecule has 0 radical (unpaired) electrons.